The van der Waals surface area contributed by atoms with E-state index in [2.05, 4.69) is 41.0 Å². The minimum absolute atomic E-state index is 0.0805. The summed E-state index contributed by atoms with van der Waals surface area (Å²) in [5.41, 5.74) is 5.62. The summed E-state index contributed by atoms with van der Waals surface area (Å²) < 4.78 is 44.6. The van der Waals surface area contributed by atoms with Crippen LogP contribution in [0.15, 0.2) is 38.5 Å². The van der Waals surface area contributed by atoms with E-state index in [-0.39, 0.29) is 17.6 Å². The Bertz CT molecular complexity index is 850. The number of rotatable bonds is 10. The first-order valence-electron chi connectivity index (χ1n) is 8.34. The van der Waals surface area contributed by atoms with E-state index < -0.39 is 20.7 Å². The molecule has 1 heterocycles. The number of nitrogens with one attached hydrogen (secondary N) is 4. The fourth-order valence-electron chi connectivity index (χ4n) is 2.20. The highest BCUT2D eigenvalue weighted by atomic mass is 79.9. The third-order valence-electron chi connectivity index (χ3n) is 3.58. The van der Waals surface area contributed by atoms with Crippen LogP contribution in [-0.4, -0.2) is 45.0 Å². The Kier molecular flexibility index (Phi) is 8.82. The molecule has 1 aliphatic rings. The Morgan fingerprint density at radius 2 is 2.18 bits per heavy atom. The van der Waals surface area contributed by atoms with E-state index in [0.717, 1.165) is 37.1 Å². The van der Waals surface area contributed by atoms with Crippen molar-refractivity contribution in [2.75, 3.05) is 31.6 Å². The lowest BCUT2D eigenvalue weighted by Gasteiger charge is -2.13. The van der Waals surface area contributed by atoms with Crippen LogP contribution in [0.3, 0.4) is 0 Å². The van der Waals surface area contributed by atoms with Crippen LogP contribution in [0.1, 0.15) is 12.8 Å². The van der Waals surface area contributed by atoms with Gasteiger partial charge in [-0.15, -0.1) is 0 Å². The van der Waals surface area contributed by atoms with Gasteiger partial charge in [0.25, 0.3) is 10.0 Å². The lowest BCUT2D eigenvalue weighted by Crippen LogP contribution is -2.28. The number of aliphatic hydroxyl groups excluding tert-OH is 1. The van der Waals surface area contributed by atoms with Gasteiger partial charge in [-0.3, -0.25) is 4.72 Å². The monoisotopic (exact) mass is 496 g/mol. The van der Waals surface area contributed by atoms with Crippen molar-refractivity contribution in [1.29, 1.82) is 0 Å². The average Bonchev–Trinajstić information content (AvgIpc) is 3.15. The second-order valence-corrected chi connectivity index (χ2v) is 9.09. The van der Waals surface area contributed by atoms with Gasteiger partial charge in [0.05, 0.1) is 12.2 Å². The largest absolute Gasteiger partial charge is 0.509 e. The molecular formula is C15H22BrFN6O3S2. The summed E-state index contributed by atoms with van der Waals surface area (Å²) in [6, 6.07) is 2.36. The lowest BCUT2D eigenvalue weighted by molar-refractivity contribution is 0.386. The van der Waals surface area contributed by atoms with Gasteiger partial charge in [0.1, 0.15) is 23.1 Å². The third kappa shape index (κ3) is 6.81. The van der Waals surface area contributed by atoms with Gasteiger partial charge in [0, 0.05) is 17.2 Å². The molecule has 0 saturated heterocycles. The topological polar surface area (TPSA) is 141 Å². The third-order valence-corrected chi connectivity index (χ3v) is 6.42. The Hall–Kier alpha value is -1.54. The highest BCUT2D eigenvalue weighted by molar-refractivity contribution is 9.10. The van der Waals surface area contributed by atoms with Crippen molar-refractivity contribution in [3.8, 4) is 0 Å². The first kappa shape index (κ1) is 22.7. The van der Waals surface area contributed by atoms with Crippen molar-refractivity contribution >= 4 is 48.8 Å². The second kappa shape index (κ2) is 10.9. The molecule has 1 aromatic rings. The number of amidine groups is 1. The van der Waals surface area contributed by atoms with Gasteiger partial charge in [-0.05, 0) is 59.4 Å². The highest BCUT2D eigenvalue weighted by Crippen LogP contribution is 2.28. The molecule has 156 valence electrons. The van der Waals surface area contributed by atoms with Gasteiger partial charge < -0.3 is 21.5 Å². The molecule has 7 N–H and O–H groups in total. The van der Waals surface area contributed by atoms with Crippen LogP contribution in [0.2, 0.25) is 0 Å². The van der Waals surface area contributed by atoms with E-state index in [4.69, 9.17) is 5.73 Å². The molecular weight excluding hydrogens is 475 g/mol. The fraction of sp³-hybridized carbons (Fsp3) is 0.400. The molecule has 1 aliphatic heterocycles. The van der Waals surface area contributed by atoms with Crippen LogP contribution in [0, 0.1) is 5.82 Å². The number of hydrogen-bond acceptors (Lipinski definition) is 9. The van der Waals surface area contributed by atoms with Gasteiger partial charge in [-0.2, -0.15) is 0 Å². The molecule has 0 saturated carbocycles. The molecule has 28 heavy (non-hydrogen) atoms. The Labute approximate surface area is 175 Å². The van der Waals surface area contributed by atoms with Crippen molar-refractivity contribution < 1.29 is 17.9 Å². The summed E-state index contributed by atoms with van der Waals surface area (Å²) in [5.74, 6) is -0.780. The molecule has 0 unspecified atom stereocenters. The number of nitrogens with two attached hydrogens (primary N) is 1. The van der Waals surface area contributed by atoms with E-state index in [1.54, 1.807) is 0 Å². The average molecular weight is 497 g/mol. The normalized spacial score (nSPS) is 14.8. The van der Waals surface area contributed by atoms with Crippen LogP contribution >= 0.6 is 27.9 Å². The van der Waals surface area contributed by atoms with Gasteiger partial charge in [0.15, 0.2) is 5.17 Å². The maximum absolute atomic E-state index is 14.4. The van der Waals surface area contributed by atoms with Crippen molar-refractivity contribution in [2.45, 2.75) is 17.7 Å². The summed E-state index contributed by atoms with van der Waals surface area (Å²) >= 11 is 4.31. The molecule has 0 fully saturated rings. The number of halogens is 2. The van der Waals surface area contributed by atoms with Crippen LogP contribution in [0.25, 0.3) is 0 Å². The zero-order valence-corrected chi connectivity index (χ0v) is 18.1. The van der Waals surface area contributed by atoms with E-state index in [1.807, 2.05) is 0 Å². The molecule has 0 aliphatic carbocycles. The van der Waals surface area contributed by atoms with Crippen molar-refractivity contribution in [3.05, 3.63) is 34.4 Å². The minimum Gasteiger partial charge on any atom is -0.509 e. The SMILES string of the molecule is N/C=C(\O)CNCCCCNc1cc(F)c(S(=O)(=O)NC2=NCNS2)cc1Br. The number of aliphatic imine (C=N–C) groups is 1. The van der Waals surface area contributed by atoms with Crippen LogP contribution < -0.4 is 25.8 Å². The smallest absolute Gasteiger partial charge is 0.266 e. The van der Waals surface area contributed by atoms with Crippen molar-refractivity contribution in [1.82, 2.24) is 14.8 Å². The summed E-state index contributed by atoms with van der Waals surface area (Å²) in [6.07, 6.45) is 2.76. The van der Waals surface area contributed by atoms with Crippen molar-refractivity contribution in [3.63, 3.8) is 0 Å². The number of sulfonamides is 1. The first-order chi connectivity index (χ1) is 13.3. The fourth-order valence-corrected chi connectivity index (χ4v) is 4.72. The summed E-state index contributed by atoms with van der Waals surface area (Å²) in [7, 11) is -4.07. The van der Waals surface area contributed by atoms with Crippen molar-refractivity contribution in [2.24, 2.45) is 10.7 Å². The van der Waals surface area contributed by atoms with Gasteiger partial charge in [0.2, 0.25) is 0 Å². The molecule has 0 radical (unpaired) electrons. The molecule has 13 heteroatoms. The molecule has 0 amide bonds. The maximum atomic E-state index is 14.4. The van der Waals surface area contributed by atoms with E-state index in [9.17, 15) is 17.9 Å². The zero-order chi connectivity index (χ0) is 20.6. The Morgan fingerprint density at radius 3 is 2.86 bits per heavy atom. The standard InChI is InChI=1S/C15H22BrFN6O3S2/c16-11-5-14(28(25,26)23-15-21-9-22-27-15)12(17)6-13(11)20-4-2-1-3-19-8-10(24)7-18/h5-7,19-20,22,24H,1-4,8-9,18H2,(H,21,23)/b10-7-. The highest BCUT2D eigenvalue weighted by Gasteiger charge is 2.24. The minimum atomic E-state index is -4.07. The Morgan fingerprint density at radius 1 is 1.43 bits per heavy atom. The lowest BCUT2D eigenvalue weighted by atomic mass is 10.2. The van der Waals surface area contributed by atoms with Gasteiger partial charge in [-0.25, -0.2) is 22.5 Å². The molecule has 0 aromatic heterocycles. The summed E-state index contributed by atoms with van der Waals surface area (Å²) in [6.45, 7) is 1.86. The molecule has 0 bridgehead atoms. The second-order valence-electron chi connectivity index (χ2n) is 5.70. The molecule has 1 aromatic carbocycles. The Balaban J connectivity index is 1.87. The molecule has 0 spiro atoms. The van der Waals surface area contributed by atoms with Gasteiger partial charge in [-0.1, -0.05) is 0 Å². The van der Waals surface area contributed by atoms with Crippen LogP contribution in [-0.2, 0) is 10.0 Å². The van der Waals surface area contributed by atoms with E-state index in [1.165, 1.54) is 6.07 Å². The van der Waals surface area contributed by atoms with Gasteiger partial charge >= 0.3 is 0 Å². The van der Waals surface area contributed by atoms with Crippen LogP contribution in [0.5, 0.6) is 0 Å². The first-order valence-corrected chi connectivity index (χ1v) is 11.4. The molecule has 2 rings (SSSR count). The maximum Gasteiger partial charge on any atom is 0.266 e. The number of hydrogen-bond donors (Lipinski definition) is 6. The quantitative estimate of drug-likeness (QED) is 0.163. The molecule has 0 atom stereocenters. The number of anilines is 1. The number of unbranched alkanes of at least 4 members (excludes halogenated alkanes) is 1. The number of nitrogens with zero attached hydrogens (tertiary/aromatic N) is 1. The number of aliphatic hydroxyl groups is 1. The predicted molar refractivity (Wildman–Crippen MR) is 113 cm³/mol. The zero-order valence-electron chi connectivity index (χ0n) is 14.8. The summed E-state index contributed by atoms with van der Waals surface area (Å²) in [4.78, 5) is 3.44. The van der Waals surface area contributed by atoms with E-state index in [0.29, 0.717) is 29.8 Å². The predicted octanol–water partition coefficient (Wildman–Crippen LogP) is 1.57. The summed E-state index contributed by atoms with van der Waals surface area (Å²) in [5, 5.41) is 15.4. The van der Waals surface area contributed by atoms with Crippen LogP contribution in [0.4, 0.5) is 10.1 Å². The molecule has 9 nitrogen and oxygen atoms in total. The van der Waals surface area contributed by atoms with E-state index >= 15 is 0 Å². The number of benzene rings is 1.